The molecular weight excluding hydrogens is 378 g/mol. The van der Waals surface area contributed by atoms with Crippen LogP contribution < -0.4 is 5.32 Å². The van der Waals surface area contributed by atoms with Gasteiger partial charge in [-0.1, -0.05) is 37.6 Å². The van der Waals surface area contributed by atoms with E-state index in [2.05, 4.69) is 10.2 Å². The smallest absolute Gasteiger partial charge is 0.243 e. The van der Waals surface area contributed by atoms with E-state index in [1.807, 2.05) is 38.1 Å². The first-order chi connectivity index (χ1) is 13.5. The zero-order chi connectivity index (χ0) is 20.1. The van der Waals surface area contributed by atoms with Gasteiger partial charge in [0.1, 0.15) is 6.04 Å². The Morgan fingerprint density at radius 3 is 2.43 bits per heavy atom. The molecule has 2 heterocycles. The summed E-state index contributed by atoms with van der Waals surface area (Å²) in [6, 6.07) is 7.42. The van der Waals surface area contributed by atoms with Crippen LogP contribution in [-0.4, -0.2) is 67.0 Å². The van der Waals surface area contributed by atoms with Crippen LogP contribution in [0.1, 0.15) is 38.3 Å². The zero-order valence-corrected chi connectivity index (χ0v) is 17.5. The van der Waals surface area contributed by atoms with Crippen molar-refractivity contribution in [1.82, 2.24) is 15.1 Å². The first-order valence-corrected chi connectivity index (χ1v) is 10.5. The number of hydrogen-bond donors (Lipinski definition) is 1. The van der Waals surface area contributed by atoms with Gasteiger partial charge in [-0.25, -0.2) is 0 Å². The lowest BCUT2D eigenvalue weighted by Crippen LogP contribution is -2.52. The fraction of sp³-hybridized carbons (Fsp3) is 0.619. The van der Waals surface area contributed by atoms with E-state index in [0.29, 0.717) is 37.7 Å². The number of morpholine rings is 1. The van der Waals surface area contributed by atoms with Crippen LogP contribution in [-0.2, 0) is 14.3 Å². The molecule has 7 heteroatoms. The van der Waals surface area contributed by atoms with Crippen molar-refractivity contribution >= 4 is 23.4 Å². The maximum atomic E-state index is 13.0. The minimum absolute atomic E-state index is 0.0483. The highest BCUT2D eigenvalue weighted by molar-refractivity contribution is 6.30. The average molecular weight is 408 g/mol. The highest BCUT2D eigenvalue weighted by atomic mass is 35.5. The Morgan fingerprint density at radius 2 is 1.86 bits per heavy atom. The molecule has 2 aliphatic rings. The molecule has 0 radical (unpaired) electrons. The number of ether oxygens (including phenoxy) is 1. The van der Waals surface area contributed by atoms with E-state index in [-0.39, 0.29) is 23.8 Å². The van der Waals surface area contributed by atoms with E-state index in [4.69, 9.17) is 16.3 Å². The van der Waals surface area contributed by atoms with Gasteiger partial charge in [0, 0.05) is 37.6 Å². The summed E-state index contributed by atoms with van der Waals surface area (Å²) in [5, 5.41) is 3.82. The molecule has 1 N–H and O–H groups in total. The molecule has 0 aliphatic carbocycles. The number of rotatable bonds is 7. The summed E-state index contributed by atoms with van der Waals surface area (Å²) >= 11 is 6.05. The van der Waals surface area contributed by atoms with Gasteiger partial charge in [-0.3, -0.25) is 14.5 Å². The van der Waals surface area contributed by atoms with Crippen molar-refractivity contribution in [2.45, 2.75) is 38.8 Å². The van der Waals surface area contributed by atoms with Gasteiger partial charge in [0.25, 0.3) is 0 Å². The van der Waals surface area contributed by atoms with Crippen molar-refractivity contribution in [3.8, 4) is 0 Å². The van der Waals surface area contributed by atoms with Crippen LogP contribution in [0, 0.1) is 5.92 Å². The molecule has 2 unspecified atom stereocenters. The van der Waals surface area contributed by atoms with Crippen molar-refractivity contribution in [1.29, 1.82) is 0 Å². The van der Waals surface area contributed by atoms with Crippen molar-refractivity contribution in [3.05, 3.63) is 34.9 Å². The summed E-state index contributed by atoms with van der Waals surface area (Å²) in [5.41, 5.74) is 1.12. The second-order valence-electron chi connectivity index (χ2n) is 7.84. The molecule has 2 aliphatic heterocycles. The number of carbonyl (C=O) groups excluding carboxylic acids is 2. The molecule has 0 spiro atoms. The van der Waals surface area contributed by atoms with Crippen LogP contribution in [0.2, 0.25) is 5.02 Å². The third kappa shape index (κ3) is 5.04. The lowest BCUT2D eigenvalue weighted by molar-refractivity contribution is -0.139. The molecule has 6 nitrogen and oxygen atoms in total. The fourth-order valence-corrected chi connectivity index (χ4v) is 4.23. The number of carbonyl (C=O) groups is 2. The third-order valence-electron chi connectivity index (χ3n) is 5.56. The number of halogens is 1. The predicted octanol–water partition coefficient (Wildman–Crippen LogP) is 2.48. The highest BCUT2D eigenvalue weighted by Gasteiger charge is 2.35. The van der Waals surface area contributed by atoms with Gasteiger partial charge < -0.3 is 15.0 Å². The number of amides is 2. The van der Waals surface area contributed by atoms with Gasteiger partial charge >= 0.3 is 0 Å². The molecule has 28 heavy (non-hydrogen) atoms. The topological polar surface area (TPSA) is 61.9 Å². The number of likely N-dealkylation sites (tertiary alicyclic amines) is 1. The Balaban J connectivity index is 1.71. The van der Waals surface area contributed by atoms with Gasteiger partial charge in [0.15, 0.2) is 0 Å². The van der Waals surface area contributed by atoms with Crippen molar-refractivity contribution in [2.24, 2.45) is 5.92 Å². The molecule has 2 fully saturated rings. The SMILES string of the molecule is CC(C)C(C(=O)NCC(c1ccc(Cl)cc1)N1CCOCC1)N1CCCC1=O. The predicted molar refractivity (Wildman–Crippen MR) is 109 cm³/mol. The summed E-state index contributed by atoms with van der Waals surface area (Å²) in [6.07, 6.45) is 1.37. The monoisotopic (exact) mass is 407 g/mol. The summed E-state index contributed by atoms with van der Waals surface area (Å²) in [4.78, 5) is 29.3. The highest BCUT2D eigenvalue weighted by Crippen LogP contribution is 2.24. The van der Waals surface area contributed by atoms with Gasteiger partial charge in [0.2, 0.25) is 11.8 Å². The Labute approximate surface area is 172 Å². The van der Waals surface area contributed by atoms with Crippen LogP contribution in [0.5, 0.6) is 0 Å². The van der Waals surface area contributed by atoms with Gasteiger partial charge in [-0.05, 0) is 30.0 Å². The lowest BCUT2D eigenvalue weighted by atomic mass is 10.0. The third-order valence-corrected chi connectivity index (χ3v) is 5.81. The zero-order valence-electron chi connectivity index (χ0n) is 16.7. The lowest BCUT2D eigenvalue weighted by Gasteiger charge is -2.36. The Kier molecular flexibility index (Phi) is 7.32. The Morgan fingerprint density at radius 1 is 1.18 bits per heavy atom. The number of benzene rings is 1. The van der Waals surface area contributed by atoms with Crippen LogP contribution in [0.25, 0.3) is 0 Å². The standard InChI is InChI=1S/C21H30ClN3O3/c1-15(2)20(25-9-3-4-19(25)26)21(27)23-14-18(24-10-12-28-13-11-24)16-5-7-17(22)8-6-16/h5-8,15,18,20H,3-4,9-14H2,1-2H3,(H,23,27). The van der Waals surface area contributed by atoms with E-state index in [0.717, 1.165) is 25.1 Å². The molecule has 2 atom stereocenters. The van der Waals surface area contributed by atoms with Gasteiger partial charge in [-0.2, -0.15) is 0 Å². The van der Waals surface area contributed by atoms with Crippen molar-refractivity contribution < 1.29 is 14.3 Å². The molecule has 3 rings (SSSR count). The number of nitrogens with zero attached hydrogens (tertiary/aromatic N) is 2. The number of hydrogen-bond acceptors (Lipinski definition) is 4. The first kappa shape index (κ1) is 21.1. The maximum absolute atomic E-state index is 13.0. The molecule has 0 bridgehead atoms. The summed E-state index contributed by atoms with van der Waals surface area (Å²) < 4.78 is 5.49. The second kappa shape index (κ2) is 9.72. The fourth-order valence-electron chi connectivity index (χ4n) is 4.10. The van der Waals surface area contributed by atoms with E-state index >= 15 is 0 Å². The molecular formula is C21H30ClN3O3. The average Bonchev–Trinajstić information content (AvgIpc) is 3.09. The summed E-state index contributed by atoms with van der Waals surface area (Å²) in [6.45, 7) is 8.17. The normalized spacial score (nSPS) is 20.4. The molecule has 1 aromatic carbocycles. The minimum atomic E-state index is -0.412. The van der Waals surface area contributed by atoms with E-state index in [1.54, 1.807) is 4.90 Å². The van der Waals surface area contributed by atoms with E-state index < -0.39 is 6.04 Å². The molecule has 1 aromatic rings. The Hall–Kier alpha value is -1.63. The molecule has 2 amide bonds. The van der Waals surface area contributed by atoms with Crippen LogP contribution >= 0.6 is 11.6 Å². The van der Waals surface area contributed by atoms with Gasteiger partial charge in [-0.15, -0.1) is 0 Å². The summed E-state index contributed by atoms with van der Waals surface area (Å²) in [7, 11) is 0. The van der Waals surface area contributed by atoms with Crippen LogP contribution in [0.3, 0.4) is 0 Å². The van der Waals surface area contributed by atoms with Crippen LogP contribution in [0.4, 0.5) is 0 Å². The van der Waals surface area contributed by atoms with Crippen molar-refractivity contribution in [3.63, 3.8) is 0 Å². The van der Waals surface area contributed by atoms with E-state index in [9.17, 15) is 9.59 Å². The number of nitrogens with one attached hydrogen (secondary N) is 1. The van der Waals surface area contributed by atoms with Crippen molar-refractivity contribution in [2.75, 3.05) is 39.4 Å². The Bertz CT molecular complexity index is 674. The van der Waals surface area contributed by atoms with Crippen LogP contribution in [0.15, 0.2) is 24.3 Å². The largest absolute Gasteiger partial charge is 0.379 e. The molecule has 2 saturated heterocycles. The molecule has 154 valence electrons. The van der Waals surface area contributed by atoms with Gasteiger partial charge in [0.05, 0.1) is 19.3 Å². The second-order valence-corrected chi connectivity index (χ2v) is 8.28. The quantitative estimate of drug-likeness (QED) is 0.754. The van der Waals surface area contributed by atoms with E-state index in [1.165, 1.54) is 0 Å². The summed E-state index contributed by atoms with van der Waals surface area (Å²) in [5.74, 6) is 0.0770. The minimum Gasteiger partial charge on any atom is -0.379 e. The molecule has 0 saturated carbocycles. The first-order valence-electron chi connectivity index (χ1n) is 10.1. The maximum Gasteiger partial charge on any atom is 0.243 e. The molecule has 0 aromatic heterocycles.